The lowest BCUT2D eigenvalue weighted by Gasteiger charge is -2.02. The number of benzene rings is 1. The summed E-state index contributed by atoms with van der Waals surface area (Å²) < 4.78 is 14.4. The molecule has 0 bridgehead atoms. The highest BCUT2D eigenvalue weighted by Crippen LogP contribution is 2.19. The zero-order valence-electron chi connectivity index (χ0n) is 11.9. The van der Waals surface area contributed by atoms with Crippen molar-refractivity contribution < 1.29 is 4.39 Å². The summed E-state index contributed by atoms with van der Waals surface area (Å²) in [5.41, 5.74) is 2.91. The number of nitrogens with zero attached hydrogens (tertiary/aromatic N) is 3. The molecule has 0 aliphatic heterocycles. The zero-order chi connectivity index (χ0) is 15.7. The molecular weight excluding hydrogens is 283 g/mol. The van der Waals surface area contributed by atoms with Gasteiger partial charge in [0.2, 0.25) is 0 Å². The second-order valence-electron chi connectivity index (χ2n) is 5.01. The molecule has 1 aromatic carbocycles. The second-order valence-corrected chi connectivity index (χ2v) is 5.01. The summed E-state index contributed by atoms with van der Waals surface area (Å²) in [6.45, 7) is 1.76. The van der Waals surface area contributed by atoms with Crippen LogP contribution in [-0.4, -0.2) is 14.6 Å². The Morgan fingerprint density at radius 2 is 2.09 bits per heavy atom. The maximum absolute atomic E-state index is 13.0. The van der Waals surface area contributed by atoms with E-state index in [4.69, 9.17) is 5.26 Å². The fourth-order valence-electron chi connectivity index (χ4n) is 2.42. The summed E-state index contributed by atoms with van der Waals surface area (Å²) in [4.78, 5) is 16.9. The molecule has 0 saturated carbocycles. The van der Waals surface area contributed by atoms with Gasteiger partial charge in [-0.05, 0) is 43.2 Å². The summed E-state index contributed by atoms with van der Waals surface area (Å²) in [6.07, 6.45) is 0.650. The van der Waals surface area contributed by atoms with E-state index in [9.17, 15) is 9.18 Å². The average Bonchev–Trinajstić information content (AvgIpc) is 2.92. The molecule has 6 heteroatoms. The van der Waals surface area contributed by atoms with Crippen molar-refractivity contribution in [3.63, 3.8) is 0 Å². The summed E-state index contributed by atoms with van der Waals surface area (Å²) in [6, 6.07) is 9.77. The van der Waals surface area contributed by atoms with E-state index < -0.39 is 0 Å². The molecule has 3 rings (SSSR count). The van der Waals surface area contributed by atoms with Crippen LogP contribution >= 0.6 is 0 Å². The van der Waals surface area contributed by atoms with E-state index in [0.717, 1.165) is 5.56 Å². The van der Waals surface area contributed by atoms with Gasteiger partial charge in [0.05, 0.1) is 11.8 Å². The average molecular weight is 296 g/mol. The Hall–Kier alpha value is -2.94. The van der Waals surface area contributed by atoms with Crippen molar-refractivity contribution in [2.45, 2.75) is 19.8 Å². The number of hydrogen-bond acceptors (Lipinski definition) is 3. The highest BCUT2D eigenvalue weighted by Gasteiger charge is 2.12. The van der Waals surface area contributed by atoms with Crippen LogP contribution in [0.5, 0.6) is 0 Å². The summed E-state index contributed by atoms with van der Waals surface area (Å²) in [5, 5.41) is 11.7. The number of nitrogens with one attached hydrogen (secondary N) is 1. The topological polar surface area (TPSA) is 74.0 Å². The fourth-order valence-corrected chi connectivity index (χ4v) is 2.42. The van der Waals surface area contributed by atoms with Gasteiger partial charge in [-0.25, -0.2) is 13.9 Å². The number of rotatable bonds is 3. The van der Waals surface area contributed by atoms with Crippen molar-refractivity contribution in [1.29, 1.82) is 5.26 Å². The molecule has 0 fully saturated rings. The third kappa shape index (κ3) is 2.37. The monoisotopic (exact) mass is 296 g/mol. The van der Waals surface area contributed by atoms with Gasteiger partial charge in [0.1, 0.15) is 5.82 Å². The predicted molar refractivity (Wildman–Crippen MR) is 79.9 cm³/mol. The zero-order valence-corrected chi connectivity index (χ0v) is 11.9. The van der Waals surface area contributed by atoms with Crippen LogP contribution in [0.3, 0.4) is 0 Å². The van der Waals surface area contributed by atoms with E-state index in [1.54, 1.807) is 25.1 Å². The van der Waals surface area contributed by atoms with Crippen LogP contribution in [0.4, 0.5) is 4.39 Å². The summed E-state index contributed by atoms with van der Waals surface area (Å²) in [7, 11) is 0. The summed E-state index contributed by atoms with van der Waals surface area (Å²) in [5.74, 6) is -0.315. The van der Waals surface area contributed by atoms with Crippen molar-refractivity contribution in [2.75, 3.05) is 0 Å². The van der Waals surface area contributed by atoms with Crippen molar-refractivity contribution in [2.24, 2.45) is 0 Å². The van der Waals surface area contributed by atoms with Gasteiger partial charge in [-0.3, -0.25) is 9.89 Å². The second kappa shape index (κ2) is 5.45. The minimum absolute atomic E-state index is 0.203. The van der Waals surface area contributed by atoms with Gasteiger partial charge in [0.25, 0.3) is 5.56 Å². The lowest BCUT2D eigenvalue weighted by Crippen LogP contribution is -2.21. The SMILES string of the molecule is Cc1nc2cc(-c3ccc(F)cc3)[nH]n2c(=O)c1CCC#N. The van der Waals surface area contributed by atoms with E-state index in [2.05, 4.69) is 10.1 Å². The Morgan fingerprint density at radius 3 is 2.77 bits per heavy atom. The number of H-pyrrole nitrogens is 1. The van der Waals surface area contributed by atoms with Gasteiger partial charge in [0.15, 0.2) is 5.65 Å². The van der Waals surface area contributed by atoms with E-state index in [-0.39, 0.29) is 17.8 Å². The first-order valence-corrected chi connectivity index (χ1v) is 6.84. The van der Waals surface area contributed by atoms with E-state index in [1.807, 2.05) is 6.07 Å². The maximum atomic E-state index is 13.0. The molecule has 2 aromatic heterocycles. The van der Waals surface area contributed by atoms with Crippen LogP contribution in [0, 0.1) is 24.1 Å². The molecule has 0 radical (unpaired) electrons. The number of hydrogen-bond donors (Lipinski definition) is 1. The van der Waals surface area contributed by atoms with Crippen molar-refractivity contribution >= 4 is 5.65 Å². The van der Waals surface area contributed by atoms with Gasteiger partial charge < -0.3 is 0 Å². The van der Waals surface area contributed by atoms with Gasteiger partial charge in [0, 0.05) is 23.7 Å². The maximum Gasteiger partial charge on any atom is 0.276 e. The molecule has 22 heavy (non-hydrogen) atoms. The van der Waals surface area contributed by atoms with Crippen LogP contribution in [0.2, 0.25) is 0 Å². The number of nitriles is 1. The third-order valence-electron chi connectivity index (χ3n) is 3.56. The van der Waals surface area contributed by atoms with Gasteiger partial charge in [-0.1, -0.05) is 0 Å². The predicted octanol–water partition coefficient (Wildman–Crippen LogP) is 2.59. The number of aryl methyl sites for hydroxylation is 1. The van der Waals surface area contributed by atoms with Crippen molar-refractivity contribution in [3.05, 3.63) is 57.8 Å². The molecule has 110 valence electrons. The first kappa shape index (κ1) is 14.0. The van der Waals surface area contributed by atoms with Gasteiger partial charge in [-0.15, -0.1) is 0 Å². The number of aromatic amines is 1. The molecule has 3 aromatic rings. The number of fused-ring (bicyclic) bond motifs is 1. The molecule has 0 spiro atoms. The molecule has 2 heterocycles. The lowest BCUT2D eigenvalue weighted by molar-refractivity contribution is 0.628. The first-order valence-electron chi connectivity index (χ1n) is 6.84. The molecule has 0 unspecified atom stereocenters. The molecule has 0 saturated heterocycles. The van der Waals surface area contributed by atoms with Crippen LogP contribution in [0.15, 0.2) is 35.1 Å². The molecule has 0 amide bonds. The molecule has 0 aliphatic carbocycles. The fraction of sp³-hybridized carbons (Fsp3) is 0.188. The Bertz CT molecular complexity index is 932. The standard InChI is InChI=1S/C16H13FN4O/c1-10-13(3-2-8-18)16(22)21-15(19-10)9-14(20-21)11-4-6-12(17)7-5-11/h4-7,9,20H,2-3H2,1H3. The Labute approximate surface area is 125 Å². The van der Waals surface area contributed by atoms with Crippen molar-refractivity contribution in [1.82, 2.24) is 14.6 Å². The normalized spacial score (nSPS) is 10.8. The molecular formula is C16H13FN4O. The first-order chi connectivity index (χ1) is 10.6. The number of halogens is 1. The van der Waals surface area contributed by atoms with Crippen LogP contribution in [0.1, 0.15) is 17.7 Å². The van der Waals surface area contributed by atoms with E-state index in [0.29, 0.717) is 29.0 Å². The smallest absolute Gasteiger partial charge is 0.276 e. The Kier molecular flexibility index (Phi) is 3.47. The van der Waals surface area contributed by atoms with Gasteiger partial charge >= 0.3 is 0 Å². The highest BCUT2D eigenvalue weighted by molar-refractivity contribution is 5.64. The molecule has 0 atom stereocenters. The van der Waals surface area contributed by atoms with E-state index >= 15 is 0 Å². The van der Waals surface area contributed by atoms with E-state index in [1.165, 1.54) is 16.6 Å². The van der Waals surface area contributed by atoms with Crippen LogP contribution < -0.4 is 5.56 Å². The summed E-state index contributed by atoms with van der Waals surface area (Å²) >= 11 is 0. The van der Waals surface area contributed by atoms with Crippen LogP contribution in [-0.2, 0) is 6.42 Å². The van der Waals surface area contributed by atoms with Crippen molar-refractivity contribution in [3.8, 4) is 17.3 Å². The third-order valence-corrected chi connectivity index (χ3v) is 3.56. The van der Waals surface area contributed by atoms with Crippen LogP contribution in [0.25, 0.3) is 16.9 Å². The highest BCUT2D eigenvalue weighted by atomic mass is 19.1. The minimum atomic E-state index is -0.315. The number of aromatic nitrogens is 3. The minimum Gasteiger partial charge on any atom is -0.289 e. The molecule has 1 N–H and O–H groups in total. The lowest BCUT2D eigenvalue weighted by atomic mass is 10.1. The molecule has 5 nitrogen and oxygen atoms in total. The quantitative estimate of drug-likeness (QED) is 0.807. The Morgan fingerprint density at radius 1 is 1.36 bits per heavy atom. The van der Waals surface area contributed by atoms with Gasteiger partial charge in [-0.2, -0.15) is 5.26 Å². The Balaban J connectivity index is 2.14. The molecule has 0 aliphatic rings. The largest absolute Gasteiger partial charge is 0.289 e.